The number of methoxy groups -OCH3 is 2. The van der Waals surface area contributed by atoms with E-state index >= 15 is 0 Å². The maximum absolute atomic E-state index is 12.0. The summed E-state index contributed by atoms with van der Waals surface area (Å²) < 4.78 is 10.4. The predicted molar refractivity (Wildman–Crippen MR) is 116 cm³/mol. The molecule has 0 unspecified atom stereocenters. The lowest BCUT2D eigenvalue weighted by atomic mass is 10.1. The van der Waals surface area contributed by atoms with Crippen LogP contribution in [0.15, 0.2) is 53.1 Å². The number of amides is 2. The quantitative estimate of drug-likeness (QED) is 0.490. The third kappa shape index (κ3) is 9.14. The number of nitrogens with one attached hydrogen (secondary N) is 2. The van der Waals surface area contributed by atoms with Crippen molar-refractivity contribution >= 4 is 11.8 Å². The van der Waals surface area contributed by atoms with Gasteiger partial charge in [0.15, 0.2) is 0 Å². The molecule has 1 aromatic carbocycles. The Bertz CT molecular complexity index is 803. The van der Waals surface area contributed by atoms with Crippen LogP contribution in [0.2, 0.25) is 0 Å². The number of allylic oxidation sites excluding steroid dienone is 5. The van der Waals surface area contributed by atoms with Gasteiger partial charge in [-0.25, -0.2) is 0 Å². The molecule has 158 valence electrons. The van der Waals surface area contributed by atoms with E-state index in [9.17, 15) is 9.59 Å². The summed E-state index contributed by atoms with van der Waals surface area (Å²) >= 11 is 0. The highest BCUT2D eigenvalue weighted by molar-refractivity contribution is 6.35. The molecule has 0 atom stereocenters. The van der Waals surface area contributed by atoms with Gasteiger partial charge in [-0.2, -0.15) is 0 Å². The van der Waals surface area contributed by atoms with Gasteiger partial charge in [0.2, 0.25) is 0 Å². The van der Waals surface area contributed by atoms with Crippen molar-refractivity contribution in [2.75, 3.05) is 20.8 Å². The Morgan fingerprint density at radius 1 is 0.966 bits per heavy atom. The number of rotatable bonds is 9. The highest BCUT2D eigenvalue weighted by Gasteiger charge is 2.14. The number of hydrogen-bond donors (Lipinski definition) is 2. The summed E-state index contributed by atoms with van der Waals surface area (Å²) in [5.74, 6) is -0.0856. The molecule has 2 amide bonds. The molecule has 0 aliphatic heterocycles. The van der Waals surface area contributed by atoms with Crippen LogP contribution in [-0.2, 0) is 16.1 Å². The highest BCUT2D eigenvalue weighted by atomic mass is 16.5. The second-order valence-corrected chi connectivity index (χ2v) is 7.01. The summed E-state index contributed by atoms with van der Waals surface area (Å²) in [6.07, 6.45) is 6.86. The smallest absolute Gasteiger partial charge is 0.309 e. The van der Waals surface area contributed by atoms with Gasteiger partial charge >= 0.3 is 11.8 Å². The zero-order valence-corrected chi connectivity index (χ0v) is 18.2. The van der Waals surface area contributed by atoms with Gasteiger partial charge in [0.05, 0.1) is 14.2 Å². The molecule has 29 heavy (non-hydrogen) atoms. The van der Waals surface area contributed by atoms with E-state index in [1.54, 1.807) is 32.4 Å². The molecular formula is C23H32N2O4. The molecule has 6 heteroatoms. The van der Waals surface area contributed by atoms with Crippen molar-refractivity contribution in [3.63, 3.8) is 0 Å². The minimum atomic E-state index is -0.677. The summed E-state index contributed by atoms with van der Waals surface area (Å²) in [6, 6.07) is 5.28. The van der Waals surface area contributed by atoms with Crippen LogP contribution < -0.4 is 20.1 Å². The van der Waals surface area contributed by atoms with E-state index in [-0.39, 0.29) is 6.54 Å². The number of benzene rings is 1. The minimum absolute atomic E-state index is 0.187. The molecule has 0 bridgehead atoms. The molecule has 6 nitrogen and oxygen atoms in total. The monoisotopic (exact) mass is 400 g/mol. The van der Waals surface area contributed by atoms with Crippen LogP contribution in [0.4, 0.5) is 0 Å². The lowest BCUT2D eigenvalue weighted by Crippen LogP contribution is -2.40. The second kappa shape index (κ2) is 12.4. The summed E-state index contributed by atoms with van der Waals surface area (Å²) in [4.78, 5) is 24.0. The van der Waals surface area contributed by atoms with Gasteiger partial charge < -0.3 is 20.1 Å². The minimum Gasteiger partial charge on any atom is -0.497 e. The largest absolute Gasteiger partial charge is 0.497 e. The first-order valence-corrected chi connectivity index (χ1v) is 9.52. The predicted octanol–water partition coefficient (Wildman–Crippen LogP) is 3.69. The van der Waals surface area contributed by atoms with E-state index in [4.69, 9.17) is 9.47 Å². The maximum atomic E-state index is 12.0. The van der Waals surface area contributed by atoms with Crippen LogP contribution in [0.25, 0.3) is 0 Å². The van der Waals surface area contributed by atoms with Gasteiger partial charge in [-0.15, -0.1) is 0 Å². The molecule has 2 N–H and O–H groups in total. The van der Waals surface area contributed by atoms with Gasteiger partial charge in [-0.05, 0) is 46.2 Å². The molecule has 0 aliphatic carbocycles. The molecule has 0 saturated heterocycles. The lowest BCUT2D eigenvalue weighted by Gasteiger charge is -2.11. The van der Waals surface area contributed by atoms with Crippen molar-refractivity contribution in [2.24, 2.45) is 0 Å². The molecule has 0 radical (unpaired) electrons. The Morgan fingerprint density at radius 2 is 1.66 bits per heavy atom. The highest BCUT2D eigenvalue weighted by Crippen LogP contribution is 2.24. The Morgan fingerprint density at radius 3 is 2.28 bits per heavy atom. The number of hydrogen-bond acceptors (Lipinski definition) is 4. The normalized spacial score (nSPS) is 11.5. The summed E-state index contributed by atoms with van der Waals surface area (Å²) in [7, 11) is 3.11. The van der Waals surface area contributed by atoms with Crippen molar-refractivity contribution in [1.82, 2.24) is 10.6 Å². The fourth-order valence-corrected chi connectivity index (χ4v) is 2.51. The standard InChI is InChI=1S/C23H32N2O4/c1-16(2)7-8-17(3)13-18(4)11-12-24-22(26)23(27)25-15-19-9-10-20(28-5)14-21(19)29-6/h7-10,13-14H,11-12,15H2,1-6H3,(H,24,26)(H,25,27)/b17-8-,18-13+. The third-order valence-corrected chi connectivity index (χ3v) is 4.10. The first kappa shape index (κ1) is 24.0. The van der Waals surface area contributed by atoms with E-state index in [1.807, 2.05) is 27.7 Å². The fraction of sp³-hybridized carbons (Fsp3) is 0.391. The first-order valence-electron chi connectivity index (χ1n) is 9.52. The van der Waals surface area contributed by atoms with E-state index in [0.29, 0.717) is 24.5 Å². The zero-order chi connectivity index (χ0) is 21.8. The summed E-state index contributed by atoms with van der Waals surface area (Å²) in [6.45, 7) is 8.71. The van der Waals surface area contributed by atoms with E-state index in [1.165, 1.54) is 5.57 Å². The molecule has 0 spiro atoms. The van der Waals surface area contributed by atoms with E-state index < -0.39 is 11.8 Å². The number of carbonyl (C=O) groups is 2. The van der Waals surface area contributed by atoms with Crippen LogP contribution in [-0.4, -0.2) is 32.6 Å². The number of carbonyl (C=O) groups excluding carboxylic acids is 2. The van der Waals surface area contributed by atoms with Crippen molar-refractivity contribution in [3.8, 4) is 11.5 Å². The molecule has 0 saturated carbocycles. The van der Waals surface area contributed by atoms with Crippen molar-refractivity contribution < 1.29 is 19.1 Å². The molecule has 1 rings (SSSR count). The van der Waals surface area contributed by atoms with Crippen LogP contribution in [0.3, 0.4) is 0 Å². The Hall–Kier alpha value is -3.02. The van der Waals surface area contributed by atoms with E-state index in [2.05, 4.69) is 28.9 Å². The van der Waals surface area contributed by atoms with Crippen LogP contribution >= 0.6 is 0 Å². The lowest BCUT2D eigenvalue weighted by molar-refractivity contribution is -0.139. The van der Waals surface area contributed by atoms with Crippen molar-refractivity contribution in [1.29, 1.82) is 0 Å². The first-order chi connectivity index (χ1) is 13.8. The van der Waals surface area contributed by atoms with Gasteiger partial charge in [-0.3, -0.25) is 9.59 Å². The molecular weight excluding hydrogens is 368 g/mol. The summed E-state index contributed by atoms with van der Waals surface area (Å²) in [5.41, 5.74) is 4.26. The molecule has 1 aromatic rings. The van der Waals surface area contributed by atoms with Gasteiger partial charge in [-0.1, -0.05) is 34.9 Å². The molecule has 0 aromatic heterocycles. The van der Waals surface area contributed by atoms with E-state index in [0.717, 1.165) is 16.7 Å². The fourth-order valence-electron chi connectivity index (χ4n) is 2.51. The topological polar surface area (TPSA) is 76.7 Å². The van der Waals surface area contributed by atoms with Crippen molar-refractivity contribution in [3.05, 3.63) is 58.7 Å². The van der Waals surface area contributed by atoms with Gasteiger partial charge in [0, 0.05) is 24.7 Å². The van der Waals surface area contributed by atoms with Gasteiger partial charge in [0.1, 0.15) is 11.5 Å². The Balaban J connectivity index is 2.48. The van der Waals surface area contributed by atoms with Crippen LogP contribution in [0.1, 0.15) is 39.7 Å². The maximum Gasteiger partial charge on any atom is 0.309 e. The van der Waals surface area contributed by atoms with Crippen molar-refractivity contribution in [2.45, 2.75) is 40.7 Å². The van der Waals surface area contributed by atoms with Crippen LogP contribution in [0.5, 0.6) is 11.5 Å². The third-order valence-electron chi connectivity index (χ3n) is 4.10. The molecule has 0 fully saturated rings. The molecule has 0 heterocycles. The van der Waals surface area contributed by atoms with Gasteiger partial charge in [0.25, 0.3) is 0 Å². The second-order valence-electron chi connectivity index (χ2n) is 7.01. The Kier molecular flexibility index (Phi) is 10.3. The average Bonchev–Trinajstić information content (AvgIpc) is 2.70. The zero-order valence-electron chi connectivity index (χ0n) is 18.2. The number of ether oxygens (including phenoxy) is 2. The Labute approximate surface area is 173 Å². The summed E-state index contributed by atoms with van der Waals surface area (Å²) in [5, 5.41) is 5.25. The average molecular weight is 401 g/mol. The SMILES string of the molecule is COc1ccc(CNC(=O)C(=O)NCC/C(C)=C/C(C)=C\C=C(C)C)c(OC)c1. The van der Waals surface area contributed by atoms with Crippen LogP contribution in [0, 0.1) is 0 Å². The molecule has 0 aliphatic rings.